The smallest absolute Gasteiger partial charge is 0.477 e. The lowest BCUT2D eigenvalue weighted by Crippen LogP contribution is -2.31. The van der Waals surface area contributed by atoms with Crippen LogP contribution in [0.3, 0.4) is 0 Å². The Kier molecular flexibility index (Phi) is 2.87. The molecule has 1 heterocycles. The molecule has 5 nitrogen and oxygen atoms in total. The zero-order chi connectivity index (χ0) is 10.0. The second-order valence-electron chi connectivity index (χ2n) is 2.27. The van der Waals surface area contributed by atoms with Gasteiger partial charge in [0.2, 0.25) is 0 Å². The van der Waals surface area contributed by atoms with E-state index >= 15 is 0 Å². The van der Waals surface area contributed by atoms with Gasteiger partial charge < -0.3 is 15.2 Å². The molecule has 1 aromatic heterocycles. The molecule has 0 aliphatic carbocycles. The Bertz CT molecular complexity index is 343. The highest BCUT2D eigenvalue weighted by Gasteiger charge is 2.17. The van der Waals surface area contributed by atoms with Crippen molar-refractivity contribution in [2.45, 2.75) is 0 Å². The number of carboxylic acids is 1. The first-order valence-corrected chi connectivity index (χ1v) is 3.65. The van der Waals surface area contributed by atoms with E-state index in [4.69, 9.17) is 26.8 Å². The highest BCUT2D eigenvalue weighted by molar-refractivity contribution is 6.62. The van der Waals surface area contributed by atoms with Crippen LogP contribution >= 0.6 is 11.6 Å². The fraction of sp³-hybridized carbons (Fsp3) is 0. The van der Waals surface area contributed by atoms with Crippen LogP contribution in [0.25, 0.3) is 0 Å². The Labute approximate surface area is 78.8 Å². The number of hydrogen-bond donors (Lipinski definition) is 3. The molecule has 0 saturated carbocycles. The van der Waals surface area contributed by atoms with Crippen molar-refractivity contribution in [1.29, 1.82) is 0 Å². The van der Waals surface area contributed by atoms with Crippen molar-refractivity contribution in [2.75, 3.05) is 0 Å². The second kappa shape index (κ2) is 3.74. The van der Waals surface area contributed by atoms with Crippen LogP contribution in [0.1, 0.15) is 10.5 Å². The molecule has 0 amide bonds. The van der Waals surface area contributed by atoms with Gasteiger partial charge in [0, 0.05) is 16.7 Å². The Morgan fingerprint density at radius 2 is 2.15 bits per heavy atom. The number of nitrogens with zero attached hydrogens (tertiary/aromatic N) is 1. The molecule has 3 N–H and O–H groups in total. The van der Waals surface area contributed by atoms with Gasteiger partial charge in [0.1, 0.15) is 5.69 Å². The molecule has 0 fully saturated rings. The van der Waals surface area contributed by atoms with Gasteiger partial charge in [0.05, 0.1) is 0 Å². The predicted molar refractivity (Wildman–Crippen MR) is 46.0 cm³/mol. The van der Waals surface area contributed by atoms with Gasteiger partial charge in [-0.3, -0.25) is 0 Å². The number of aromatic nitrogens is 1. The van der Waals surface area contributed by atoms with Crippen LogP contribution in [-0.4, -0.2) is 33.2 Å². The minimum Gasteiger partial charge on any atom is -0.477 e. The summed E-state index contributed by atoms with van der Waals surface area (Å²) in [5.41, 5.74) is -0.263. The van der Waals surface area contributed by atoms with Crippen molar-refractivity contribution in [2.24, 2.45) is 0 Å². The minimum atomic E-state index is -1.75. The van der Waals surface area contributed by atoms with Gasteiger partial charge in [-0.2, -0.15) is 0 Å². The third-order valence-electron chi connectivity index (χ3n) is 1.38. The number of hydrogen-bond acceptors (Lipinski definition) is 4. The van der Waals surface area contributed by atoms with Crippen molar-refractivity contribution < 1.29 is 19.9 Å². The van der Waals surface area contributed by atoms with Gasteiger partial charge >= 0.3 is 13.1 Å². The largest absolute Gasteiger partial charge is 0.491 e. The lowest BCUT2D eigenvalue weighted by atomic mass is 9.81. The lowest BCUT2D eigenvalue weighted by Gasteiger charge is -2.01. The SMILES string of the molecule is O=C(O)c1cc(Cl)c(B(O)O)cn1. The molecule has 68 valence electrons. The molecular weight excluding hydrogens is 196 g/mol. The van der Waals surface area contributed by atoms with Crippen LogP contribution in [-0.2, 0) is 0 Å². The standard InChI is InChI=1S/C6H5BClNO4/c8-4-1-5(6(10)11)9-2-3(4)7(12)13/h1-2,12-13H,(H,10,11). The zero-order valence-electron chi connectivity index (χ0n) is 6.31. The number of pyridine rings is 1. The first-order chi connectivity index (χ1) is 6.02. The monoisotopic (exact) mass is 201 g/mol. The summed E-state index contributed by atoms with van der Waals surface area (Å²) in [6, 6.07) is 1.05. The van der Waals surface area contributed by atoms with E-state index in [2.05, 4.69) is 4.98 Å². The van der Waals surface area contributed by atoms with E-state index in [1.807, 2.05) is 0 Å². The van der Waals surface area contributed by atoms with Crippen LogP contribution in [0.4, 0.5) is 0 Å². The second-order valence-corrected chi connectivity index (χ2v) is 2.68. The summed E-state index contributed by atoms with van der Waals surface area (Å²) >= 11 is 5.55. The topological polar surface area (TPSA) is 90.7 Å². The molecule has 1 rings (SSSR count). The van der Waals surface area contributed by atoms with E-state index in [1.165, 1.54) is 0 Å². The normalized spacial score (nSPS) is 9.77. The average molecular weight is 201 g/mol. The summed E-state index contributed by atoms with van der Waals surface area (Å²) < 4.78 is 0. The van der Waals surface area contributed by atoms with Crippen LogP contribution in [0.2, 0.25) is 5.02 Å². The number of carboxylic acid groups (broad SMARTS) is 1. The first kappa shape index (κ1) is 9.98. The van der Waals surface area contributed by atoms with E-state index in [9.17, 15) is 4.79 Å². The summed E-state index contributed by atoms with van der Waals surface area (Å²) in [7, 11) is -1.75. The zero-order valence-corrected chi connectivity index (χ0v) is 7.06. The van der Waals surface area contributed by atoms with Gasteiger partial charge in [-0.05, 0) is 6.07 Å². The van der Waals surface area contributed by atoms with Gasteiger partial charge in [-0.1, -0.05) is 11.6 Å². The molecule has 0 aromatic carbocycles. The molecule has 0 bridgehead atoms. The molecule has 1 aromatic rings. The summed E-state index contributed by atoms with van der Waals surface area (Å²) in [5, 5.41) is 25.9. The van der Waals surface area contributed by atoms with Crippen LogP contribution in [0.5, 0.6) is 0 Å². The van der Waals surface area contributed by atoms with Gasteiger partial charge in [0.25, 0.3) is 0 Å². The first-order valence-electron chi connectivity index (χ1n) is 3.27. The fourth-order valence-electron chi connectivity index (χ4n) is 0.748. The number of rotatable bonds is 2. The minimum absolute atomic E-state index is 0.0216. The van der Waals surface area contributed by atoms with Crippen molar-refractivity contribution in [3.05, 3.63) is 23.0 Å². The van der Waals surface area contributed by atoms with Crippen molar-refractivity contribution in [3.8, 4) is 0 Å². The fourth-order valence-corrected chi connectivity index (χ4v) is 0.998. The Morgan fingerprint density at radius 1 is 1.54 bits per heavy atom. The maximum Gasteiger partial charge on any atom is 0.491 e. The van der Waals surface area contributed by atoms with Crippen molar-refractivity contribution >= 4 is 30.2 Å². The summed E-state index contributed by atoms with van der Waals surface area (Å²) in [6.07, 6.45) is 1.01. The van der Waals surface area contributed by atoms with Crippen molar-refractivity contribution in [1.82, 2.24) is 4.98 Å². The molecule has 13 heavy (non-hydrogen) atoms. The highest BCUT2D eigenvalue weighted by Crippen LogP contribution is 2.06. The predicted octanol–water partition coefficient (Wildman–Crippen LogP) is -0.887. The Morgan fingerprint density at radius 3 is 2.54 bits per heavy atom. The van der Waals surface area contributed by atoms with Gasteiger partial charge in [-0.15, -0.1) is 0 Å². The molecule has 0 unspecified atom stereocenters. The molecular formula is C6H5BClNO4. The molecule has 0 aliphatic heterocycles. The lowest BCUT2D eigenvalue weighted by molar-refractivity contribution is 0.0690. The third-order valence-corrected chi connectivity index (χ3v) is 1.71. The van der Waals surface area contributed by atoms with Crippen LogP contribution in [0, 0.1) is 0 Å². The van der Waals surface area contributed by atoms with Crippen LogP contribution in [0.15, 0.2) is 12.3 Å². The molecule has 0 atom stereocenters. The maximum absolute atomic E-state index is 10.4. The van der Waals surface area contributed by atoms with E-state index in [1.54, 1.807) is 0 Å². The molecule has 7 heteroatoms. The molecule has 0 saturated heterocycles. The van der Waals surface area contributed by atoms with Crippen LogP contribution < -0.4 is 5.46 Å². The summed E-state index contributed by atoms with van der Waals surface area (Å²) in [6.45, 7) is 0. The van der Waals surface area contributed by atoms with Gasteiger partial charge in [0.15, 0.2) is 0 Å². The summed E-state index contributed by atoms with van der Waals surface area (Å²) in [4.78, 5) is 13.8. The number of carbonyl (C=O) groups is 1. The van der Waals surface area contributed by atoms with E-state index in [0.29, 0.717) is 0 Å². The van der Waals surface area contributed by atoms with E-state index in [-0.39, 0.29) is 16.2 Å². The Hall–Kier alpha value is -1.11. The van der Waals surface area contributed by atoms with Gasteiger partial charge in [-0.25, -0.2) is 9.78 Å². The number of aromatic carboxylic acids is 1. The number of halogens is 1. The van der Waals surface area contributed by atoms with E-state index in [0.717, 1.165) is 12.3 Å². The molecule has 0 aliphatic rings. The maximum atomic E-state index is 10.4. The third kappa shape index (κ3) is 2.18. The Balaban J connectivity index is 3.13. The van der Waals surface area contributed by atoms with E-state index < -0.39 is 13.1 Å². The molecule has 0 radical (unpaired) electrons. The highest BCUT2D eigenvalue weighted by atomic mass is 35.5. The van der Waals surface area contributed by atoms with Crippen molar-refractivity contribution in [3.63, 3.8) is 0 Å². The summed E-state index contributed by atoms with van der Waals surface area (Å²) in [5.74, 6) is -1.22. The quantitative estimate of drug-likeness (QED) is 0.540. The average Bonchev–Trinajstić information content (AvgIpc) is 2.03. The molecule has 0 spiro atoms.